The van der Waals surface area contributed by atoms with Gasteiger partial charge in [-0.25, -0.2) is 0 Å². The van der Waals surface area contributed by atoms with Crippen molar-refractivity contribution in [3.63, 3.8) is 0 Å². The molecule has 0 unspecified atom stereocenters. The first kappa shape index (κ1) is 7.03. The molecule has 2 N–H and O–H groups in total. The molecule has 3 atom stereocenters. The lowest BCUT2D eigenvalue weighted by Crippen LogP contribution is -2.29. The van der Waals surface area contributed by atoms with Crippen LogP contribution < -0.4 is 5.32 Å². The molecule has 0 aromatic carbocycles. The first-order chi connectivity index (χ1) is 4.24. The molecule has 0 aliphatic carbocycles. The van der Waals surface area contributed by atoms with Crippen LogP contribution in [0.2, 0.25) is 0 Å². The first-order valence-electron chi connectivity index (χ1n) is 3.68. The van der Waals surface area contributed by atoms with Gasteiger partial charge in [-0.2, -0.15) is 0 Å². The van der Waals surface area contributed by atoms with Gasteiger partial charge in [-0.3, -0.25) is 0 Å². The van der Waals surface area contributed by atoms with E-state index in [1.54, 1.807) is 0 Å². The molecule has 0 aromatic heterocycles. The fourth-order valence-electron chi connectivity index (χ4n) is 1.33. The number of hydrogen-bond donors (Lipinski definition) is 2. The molecular formula is C7H15NO. The quantitative estimate of drug-likeness (QED) is 0.540. The highest BCUT2D eigenvalue weighted by molar-refractivity contribution is 4.86. The Labute approximate surface area is 56.3 Å². The van der Waals surface area contributed by atoms with Gasteiger partial charge in [0.15, 0.2) is 0 Å². The van der Waals surface area contributed by atoms with Crippen molar-refractivity contribution in [2.24, 2.45) is 0 Å². The molecule has 1 rings (SSSR count). The van der Waals surface area contributed by atoms with E-state index in [2.05, 4.69) is 12.2 Å². The summed E-state index contributed by atoms with van der Waals surface area (Å²) in [4.78, 5) is 0. The van der Waals surface area contributed by atoms with E-state index in [1.807, 2.05) is 6.92 Å². The van der Waals surface area contributed by atoms with Gasteiger partial charge < -0.3 is 10.4 Å². The van der Waals surface area contributed by atoms with Crippen molar-refractivity contribution in [2.45, 2.75) is 44.9 Å². The Morgan fingerprint density at radius 2 is 2.33 bits per heavy atom. The number of aliphatic hydroxyl groups excluding tert-OH is 1. The SMILES string of the molecule is CC[C@@H]1C[C@@H](O)[C@H](C)N1. The zero-order valence-corrected chi connectivity index (χ0v) is 6.09. The van der Waals surface area contributed by atoms with E-state index in [1.165, 1.54) is 0 Å². The number of rotatable bonds is 1. The molecule has 2 heteroatoms. The largest absolute Gasteiger partial charge is 0.391 e. The standard InChI is InChI=1S/C7H15NO/c1-3-6-4-7(9)5(2)8-6/h5-9H,3-4H2,1-2H3/t5-,6+,7+/m0/s1. The lowest BCUT2D eigenvalue weighted by Gasteiger charge is -2.07. The molecule has 2 nitrogen and oxygen atoms in total. The highest BCUT2D eigenvalue weighted by Gasteiger charge is 2.26. The van der Waals surface area contributed by atoms with Gasteiger partial charge in [-0.1, -0.05) is 6.92 Å². The maximum absolute atomic E-state index is 9.24. The van der Waals surface area contributed by atoms with Crippen molar-refractivity contribution in [1.29, 1.82) is 0 Å². The van der Waals surface area contributed by atoms with Crippen LogP contribution in [-0.2, 0) is 0 Å². The third-order valence-electron chi connectivity index (χ3n) is 2.09. The predicted octanol–water partition coefficient (Wildman–Crippen LogP) is 0.508. The average Bonchev–Trinajstić information content (AvgIpc) is 2.13. The Kier molecular flexibility index (Phi) is 2.09. The third kappa shape index (κ3) is 1.43. The second-order valence-electron chi connectivity index (χ2n) is 2.86. The predicted molar refractivity (Wildman–Crippen MR) is 37.3 cm³/mol. The van der Waals surface area contributed by atoms with Gasteiger partial charge in [0, 0.05) is 12.1 Å². The molecule has 0 amide bonds. The van der Waals surface area contributed by atoms with E-state index in [9.17, 15) is 5.11 Å². The van der Waals surface area contributed by atoms with E-state index in [4.69, 9.17) is 0 Å². The summed E-state index contributed by atoms with van der Waals surface area (Å²) in [6.07, 6.45) is 1.94. The summed E-state index contributed by atoms with van der Waals surface area (Å²) < 4.78 is 0. The Balaban J connectivity index is 2.35. The van der Waals surface area contributed by atoms with Crippen LogP contribution in [0.5, 0.6) is 0 Å². The summed E-state index contributed by atoms with van der Waals surface area (Å²) in [7, 11) is 0. The minimum absolute atomic E-state index is 0.116. The van der Waals surface area contributed by atoms with E-state index < -0.39 is 0 Å². The molecule has 1 fully saturated rings. The van der Waals surface area contributed by atoms with Gasteiger partial charge in [0.05, 0.1) is 6.10 Å². The summed E-state index contributed by atoms with van der Waals surface area (Å²) in [5.41, 5.74) is 0. The van der Waals surface area contributed by atoms with Crippen molar-refractivity contribution in [3.05, 3.63) is 0 Å². The fraction of sp³-hybridized carbons (Fsp3) is 1.00. The molecule has 1 saturated heterocycles. The van der Waals surface area contributed by atoms with Crippen LogP contribution in [0.1, 0.15) is 26.7 Å². The van der Waals surface area contributed by atoms with Crippen LogP contribution >= 0.6 is 0 Å². The Morgan fingerprint density at radius 1 is 1.67 bits per heavy atom. The van der Waals surface area contributed by atoms with E-state index in [-0.39, 0.29) is 6.10 Å². The van der Waals surface area contributed by atoms with E-state index in [0.717, 1.165) is 12.8 Å². The van der Waals surface area contributed by atoms with Crippen LogP contribution in [0, 0.1) is 0 Å². The van der Waals surface area contributed by atoms with Gasteiger partial charge >= 0.3 is 0 Å². The summed E-state index contributed by atoms with van der Waals surface area (Å²) in [5.74, 6) is 0. The van der Waals surface area contributed by atoms with Crippen molar-refractivity contribution < 1.29 is 5.11 Å². The molecule has 1 aliphatic heterocycles. The molecule has 9 heavy (non-hydrogen) atoms. The molecule has 0 spiro atoms. The second-order valence-corrected chi connectivity index (χ2v) is 2.86. The molecule has 0 aromatic rings. The van der Waals surface area contributed by atoms with Crippen LogP contribution in [0.4, 0.5) is 0 Å². The van der Waals surface area contributed by atoms with Crippen LogP contribution in [-0.4, -0.2) is 23.3 Å². The zero-order chi connectivity index (χ0) is 6.85. The highest BCUT2D eigenvalue weighted by Crippen LogP contribution is 2.14. The van der Waals surface area contributed by atoms with Crippen LogP contribution in [0.3, 0.4) is 0 Å². The number of aliphatic hydroxyl groups is 1. The summed E-state index contributed by atoms with van der Waals surface area (Å²) in [6.45, 7) is 4.17. The first-order valence-corrected chi connectivity index (χ1v) is 3.68. The molecular weight excluding hydrogens is 114 g/mol. The summed E-state index contributed by atoms with van der Waals surface area (Å²) >= 11 is 0. The van der Waals surface area contributed by atoms with Crippen molar-refractivity contribution >= 4 is 0 Å². The molecule has 54 valence electrons. The van der Waals surface area contributed by atoms with Gasteiger partial charge in [0.25, 0.3) is 0 Å². The third-order valence-corrected chi connectivity index (χ3v) is 2.09. The molecule has 0 saturated carbocycles. The monoisotopic (exact) mass is 129 g/mol. The van der Waals surface area contributed by atoms with Crippen LogP contribution in [0.15, 0.2) is 0 Å². The maximum atomic E-state index is 9.24. The van der Waals surface area contributed by atoms with Gasteiger partial charge in [-0.05, 0) is 19.8 Å². The smallest absolute Gasteiger partial charge is 0.0705 e. The second kappa shape index (κ2) is 2.67. The molecule has 0 bridgehead atoms. The molecule has 0 radical (unpaired) electrons. The summed E-state index contributed by atoms with van der Waals surface area (Å²) in [5, 5.41) is 12.5. The van der Waals surface area contributed by atoms with Crippen molar-refractivity contribution in [2.75, 3.05) is 0 Å². The Bertz CT molecular complexity index is 84.9. The number of hydrogen-bond acceptors (Lipinski definition) is 2. The lowest BCUT2D eigenvalue weighted by molar-refractivity contribution is 0.164. The fourth-order valence-corrected chi connectivity index (χ4v) is 1.33. The Hall–Kier alpha value is -0.0800. The summed E-state index contributed by atoms with van der Waals surface area (Å²) in [6, 6.07) is 0.852. The topological polar surface area (TPSA) is 32.3 Å². The highest BCUT2D eigenvalue weighted by atomic mass is 16.3. The van der Waals surface area contributed by atoms with Crippen molar-refractivity contribution in [3.8, 4) is 0 Å². The van der Waals surface area contributed by atoms with Crippen LogP contribution in [0.25, 0.3) is 0 Å². The average molecular weight is 129 g/mol. The van der Waals surface area contributed by atoms with Gasteiger partial charge in [-0.15, -0.1) is 0 Å². The number of nitrogens with one attached hydrogen (secondary N) is 1. The van der Waals surface area contributed by atoms with E-state index >= 15 is 0 Å². The minimum atomic E-state index is -0.116. The minimum Gasteiger partial charge on any atom is -0.391 e. The Morgan fingerprint density at radius 3 is 2.56 bits per heavy atom. The lowest BCUT2D eigenvalue weighted by atomic mass is 10.1. The maximum Gasteiger partial charge on any atom is 0.0705 e. The van der Waals surface area contributed by atoms with Crippen molar-refractivity contribution in [1.82, 2.24) is 5.32 Å². The van der Waals surface area contributed by atoms with Gasteiger partial charge in [0.1, 0.15) is 0 Å². The normalized spacial score (nSPS) is 43.7. The van der Waals surface area contributed by atoms with E-state index in [0.29, 0.717) is 12.1 Å². The van der Waals surface area contributed by atoms with Gasteiger partial charge in [0.2, 0.25) is 0 Å². The molecule has 1 aliphatic rings. The molecule has 1 heterocycles. The zero-order valence-electron chi connectivity index (χ0n) is 6.09.